The summed E-state index contributed by atoms with van der Waals surface area (Å²) in [6.07, 6.45) is 0. The first kappa shape index (κ1) is 17.5. The molecule has 0 aliphatic heterocycles. The van der Waals surface area contributed by atoms with Gasteiger partial charge in [-0.1, -0.05) is 33.8 Å². The second-order valence-corrected chi connectivity index (χ2v) is 6.58. The zero-order valence-electron chi connectivity index (χ0n) is 14.4. The van der Waals surface area contributed by atoms with Crippen molar-refractivity contribution >= 4 is 11.6 Å². The molecule has 0 aromatic heterocycles. The van der Waals surface area contributed by atoms with E-state index in [0.29, 0.717) is 11.8 Å². The Hall–Kier alpha value is -1.51. The van der Waals surface area contributed by atoms with E-state index < -0.39 is 0 Å². The third kappa shape index (κ3) is 5.41. The third-order valence-corrected chi connectivity index (χ3v) is 3.23. The Morgan fingerprint density at radius 1 is 1.14 bits per heavy atom. The molecule has 0 aliphatic carbocycles. The summed E-state index contributed by atoms with van der Waals surface area (Å²) in [6, 6.07) is 6.01. The first-order valence-corrected chi connectivity index (χ1v) is 7.98. The Morgan fingerprint density at radius 3 is 2.19 bits per heavy atom. The molecule has 0 aliphatic rings. The molecule has 0 radical (unpaired) electrons. The van der Waals surface area contributed by atoms with Gasteiger partial charge in [-0.15, -0.1) is 0 Å². The fourth-order valence-electron chi connectivity index (χ4n) is 2.47. The minimum Gasteiger partial charge on any atom is -0.385 e. The van der Waals surface area contributed by atoms with Crippen LogP contribution in [0.4, 0.5) is 5.69 Å². The van der Waals surface area contributed by atoms with Gasteiger partial charge in [0.2, 0.25) is 0 Å². The Bertz CT molecular complexity index is 456. The second kappa shape index (κ2) is 8.06. The summed E-state index contributed by atoms with van der Waals surface area (Å²) in [5, 5.41) is 3.31. The number of rotatable bonds is 7. The smallest absolute Gasteiger partial charge is 0.255 e. The maximum Gasteiger partial charge on any atom is 0.255 e. The van der Waals surface area contributed by atoms with Crippen molar-refractivity contribution in [3.05, 3.63) is 29.3 Å². The van der Waals surface area contributed by atoms with Gasteiger partial charge in [0.25, 0.3) is 5.91 Å². The van der Waals surface area contributed by atoms with E-state index in [2.05, 4.69) is 52.9 Å². The molecule has 21 heavy (non-hydrogen) atoms. The van der Waals surface area contributed by atoms with Crippen LogP contribution in [0.3, 0.4) is 0 Å². The largest absolute Gasteiger partial charge is 0.385 e. The number of anilines is 1. The Morgan fingerprint density at radius 2 is 1.71 bits per heavy atom. The molecule has 0 atom stereocenters. The monoisotopic (exact) mass is 290 g/mol. The highest BCUT2D eigenvalue weighted by Gasteiger charge is 2.20. The lowest BCUT2D eigenvalue weighted by Crippen LogP contribution is -2.37. The third-order valence-electron chi connectivity index (χ3n) is 3.23. The molecule has 118 valence electrons. The number of nitrogens with zero attached hydrogens (tertiary/aromatic N) is 1. The van der Waals surface area contributed by atoms with Crippen molar-refractivity contribution in [3.8, 4) is 0 Å². The van der Waals surface area contributed by atoms with Gasteiger partial charge >= 0.3 is 0 Å². The predicted octanol–water partition coefficient (Wildman–Crippen LogP) is 4.18. The standard InChI is InChI=1S/C18H30N2O/c1-7-19-17-10-15(6)8-9-16(17)18(21)20(11-13(2)3)12-14(4)5/h8-10,13-14,19H,7,11-12H2,1-6H3. The van der Waals surface area contributed by atoms with Crippen molar-refractivity contribution in [2.75, 3.05) is 25.0 Å². The summed E-state index contributed by atoms with van der Waals surface area (Å²) in [5.41, 5.74) is 2.89. The molecule has 1 aromatic carbocycles. The second-order valence-electron chi connectivity index (χ2n) is 6.58. The van der Waals surface area contributed by atoms with E-state index in [0.717, 1.165) is 30.9 Å². The zero-order valence-corrected chi connectivity index (χ0v) is 14.4. The molecule has 0 fully saturated rings. The van der Waals surface area contributed by atoms with Crippen LogP contribution in [0, 0.1) is 18.8 Å². The van der Waals surface area contributed by atoms with Gasteiger partial charge in [0.1, 0.15) is 0 Å². The molecular formula is C18H30N2O. The van der Waals surface area contributed by atoms with Crippen molar-refractivity contribution in [2.45, 2.75) is 41.5 Å². The van der Waals surface area contributed by atoms with Crippen molar-refractivity contribution < 1.29 is 4.79 Å². The Balaban J connectivity index is 3.07. The normalized spacial score (nSPS) is 11.0. The molecule has 0 saturated heterocycles. The van der Waals surface area contributed by atoms with Crippen LogP contribution in [0.2, 0.25) is 0 Å². The zero-order chi connectivity index (χ0) is 16.0. The van der Waals surface area contributed by atoms with Crippen molar-refractivity contribution in [3.63, 3.8) is 0 Å². The van der Waals surface area contributed by atoms with Crippen LogP contribution in [0.5, 0.6) is 0 Å². The fraction of sp³-hybridized carbons (Fsp3) is 0.611. The lowest BCUT2D eigenvalue weighted by atomic mass is 10.1. The van der Waals surface area contributed by atoms with Gasteiger partial charge in [-0.05, 0) is 43.4 Å². The molecule has 1 aromatic rings. The van der Waals surface area contributed by atoms with E-state index in [4.69, 9.17) is 0 Å². The minimum absolute atomic E-state index is 0.133. The van der Waals surface area contributed by atoms with Crippen LogP contribution in [-0.4, -0.2) is 30.4 Å². The molecule has 0 heterocycles. The van der Waals surface area contributed by atoms with Crippen molar-refractivity contribution in [1.82, 2.24) is 4.90 Å². The summed E-state index contributed by atoms with van der Waals surface area (Å²) >= 11 is 0. The van der Waals surface area contributed by atoms with Gasteiger partial charge in [-0.25, -0.2) is 0 Å². The highest BCUT2D eigenvalue weighted by molar-refractivity contribution is 5.99. The number of amides is 1. The van der Waals surface area contributed by atoms with Crippen LogP contribution in [0.15, 0.2) is 18.2 Å². The maximum atomic E-state index is 12.9. The summed E-state index contributed by atoms with van der Waals surface area (Å²) < 4.78 is 0. The summed E-state index contributed by atoms with van der Waals surface area (Å²) in [6.45, 7) is 15.1. The molecule has 1 amide bonds. The number of carbonyl (C=O) groups excluding carboxylic acids is 1. The van der Waals surface area contributed by atoms with E-state index in [1.807, 2.05) is 17.0 Å². The van der Waals surface area contributed by atoms with E-state index in [1.165, 1.54) is 5.56 Å². The lowest BCUT2D eigenvalue weighted by molar-refractivity contribution is 0.0716. The quantitative estimate of drug-likeness (QED) is 0.817. The van der Waals surface area contributed by atoms with E-state index in [-0.39, 0.29) is 5.91 Å². The summed E-state index contributed by atoms with van der Waals surface area (Å²) in [5.74, 6) is 1.08. The van der Waals surface area contributed by atoms with E-state index in [1.54, 1.807) is 0 Å². The van der Waals surface area contributed by atoms with Gasteiger partial charge in [0.15, 0.2) is 0 Å². The van der Waals surface area contributed by atoms with Crippen molar-refractivity contribution in [1.29, 1.82) is 0 Å². The molecule has 0 bridgehead atoms. The number of benzene rings is 1. The summed E-state index contributed by atoms with van der Waals surface area (Å²) in [4.78, 5) is 14.9. The number of aryl methyl sites for hydroxylation is 1. The fourth-order valence-corrected chi connectivity index (χ4v) is 2.47. The minimum atomic E-state index is 0.133. The predicted molar refractivity (Wildman–Crippen MR) is 90.9 cm³/mol. The summed E-state index contributed by atoms with van der Waals surface area (Å²) in [7, 11) is 0. The molecule has 1 N–H and O–H groups in total. The lowest BCUT2D eigenvalue weighted by Gasteiger charge is -2.27. The van der Waals surface area contributed by atoms with Gasteiger partial charge in [0.05, 0.1) is 5.56 Å². The highest BCUT2D eigenvalue weighted by atomic mass is 16.2. The number of nitrogens with one attached hydrogen (secondary N) is 1. The van der Waals surface area contributed by atoms with Crippen LogP contribution < -0.4 is 5.32 Å². The molecule has 3 nitrogen and oxygen atoms in total. The first-order valence-electron chi connectivity index (χ1n) is 7.98. The van der Waals surface area contributed by atoms with E-state index in [9.17, 15) is 4.79 Å². The van der Waals surface area contributed by atoms with Crippen LogP contribution >= 0.6 is 0 Å². The number of hydrogen-bond acceptors (Lipinski definition) is 2. The molecule has 1 rings (SSSR count). The molecular weight excluding hydrogens is 260 g/mol. The van der Waals surface area contributed by atoms with Crippen molar-refractivity contribution in [2.24, 2.45) is 11.8 Å². The van der Waals surface area contributed by atoms with Gasteiger partial charge in [-0.2, -0.15) is 0 Å². The van der Waals surface area contributed by atoms with Gasteiger partial charge in [-0.3, -0.25) is 4.79 Å². The average molecular weight is 290 g/mol. The number of carbonyl (C=O) groups is 1. The van der Waals surface area contributed by atoms with Crippen LogP contribution in [-0.2, 0) is 0 Å². The Kier molecular flexibility index (Phi) is 6.73. The Labute approximate surface area is 129 Å². The number of hydrogen-bond donors (Lipinski definition) is 1. The average Bonchev–Trinajstić information content (AvgIpc) is 2.36. The van der Waals surface area contributed by atoms with E-state index >= 15 is 0 Å². The molecule has 0 spiro atoms. The molecule has 0 saturated carbocycles. The molecule has 3 heteroatoms. The topological polar surface area (TPSA) is 32.3 Å². The maximum absolute atomic E-state index is 12.9. The van der Waals surface area contributed by atoms with Crippen LogP contribution in [0.25, 0.3) is 0 Å². The highest BCUT2D eigenvalue weighted by Crippen LogP contribution is 2.20. The SMILES string of the molecule is CCNc1cc(C)ccc1C(=O)N(CC(C)C)CC(C)C. The van der Waals surface area contributed by atoms with Gasteiger partial charge in [0, 0.05) is 25.3 Å². The van der Waals surface area contributed by atoms with Crippen LogP contribution in [0.1, 0.15) is 50.5 Å². The first-order chi connectivity index (χ1) is 9.85. The van der Waals surface area contributed by atoms with Gasteiger partial charge < -0.3 is 10.2 Å². The molecule has 0 unspecified atom stereocenters.